The molecule has 1 aromatic carbocycles. The molecule has 3 aromatic rings. The van der Waals surface area contributed by atoms with Crippen LogP contribution in [-0.4, -0.2) is 82.9 Å². The van der Waals surface area contributed by atoms with E-state index in [0.717, 1.165) is 43.6 Å². The zero-order valence-electron chi connectivity index (χ0n) is 20.1. The maximum Gasteiger partial charge on any atom is 0.257 e. The highest BCUT2D eigenvalue weighted by atomic mass is 16.5. The zero-order valence-corrected chi connectivity index (χ0v) is 20.1. The van der Waals surface area contributed by atoms with Crippen LogP contribution in [0.3, 0.4) is 0 Å². The molecule has 1 saturated heterocycles. The monoisotopic (exact) mass is 462 g/mol. The Balaban J connectivity index is 1.50. The minimum atomic E-state index is 0.0446. The first kappa shape index (κ1) is 22.3. The highest BCUT2D eigenvalue weighted by molar-refractivity contribution is 5.95. The fourth-order valence-electron chi connectivity index (χ4n) is 4.56. The van der Waals surface area contributed by atoms with Gasteiger partial charge in [0, 0.05) is 36.8 Å². The maximum atomic E-state index is 13.4. The summed E-state index contributed by atoms with van der Waals surface area (Å²) in [5.41, 5.74) is 3.07. The van der Waals surface area contributed by atoms with E-state index in [9.17, 15) is 4.79 Å². The number of nitrogens with zero attached hydrogens (tertiary/aromatic N) is 6. The van der Waals surface area contributed by atoms with E-state index < -0.39 is 0 Å². The van der Waals surface area contributed by atoms with Gasteiger partial charge in [0.05, 0.1) is 37.4 Å². The van der Waals surface area contributed by atoms with Crippen LogP contribution in [0.4, 0.5) is 0 Å². The number of hydrogen-bond donors (Lipinski definition) is 0. The third-order valence-corrected chi connectivity index (χ3v) is 6.70. The molecule has 5 rings (SSSR count). The number of methoxy groups -OCH3 is 2. The molecule has 2 fully saturated rings. The van der Waals surface area contributed by atoms with Crippen molar-refractivity contribution >= 4 is 5.91 Å². The van der Waals surface area contributed by atoms with Crippen LogP contribution < -0.4 is 9.47 Å². The molecule has 2 aromatic heterocycles. The van der Waals surface area contributed by atoms with Crippen molar-refractivity contribution in [1.82, 2.24) is 29.5 Å². The molecule has 1 amide bonds. The average molecular weight is 463 g/mol. The van der Waals surface area contributed by atoms with E-state index in [1.54, 1.807) is 31.3 Å². The normalized spacial score (nSPS) is 17.9. The van der Waals surface area contributed by atoms with Crippen LogP contribution in [-0.2, 0) is 0 Å². The predicted octanol–water partition coefficient (Wildman–Crippen LogP) is 3.00. The molecule has 178 valence electrons. The van der Waals surface area contributed by atoms with Crippen LogP contribution in [0.2, 0.25) is 0 Å². The molecular weight excluding hydrogens is 432 g/mol. The lowest BCUT2D eigenvalue weighted by atomic mass is 10.1. The van der Waals surface area contributed by atoms with E-state index in [1.807, 2.05) is 29.2 Å². The number of ether oxygens (including phenoxy) is 2. The van der Waals surface area contributed by atoms with E-state index in [1.165, 1.54) is 0 Å². The van der Waals surface area contributed by atoms with Gasteiger partial charge in [-0.1, -0.05) is 0 Å². The Morgan fingerprint density at radius 1 is 1.12 bits per heavy atom. The first-order valence-electron chi connectivity index (χ1n) is 11.6. The van der Waals surface area contributed by atoms with E-state index in [-0.39, 0.29) is 5.91 Å². The van der Waals surface area contributed by atoms with Gasteiger partial charge in [0.2, 0.25) is 0 Å². The highest BCUT2D eigenvalue weighted by Gasteiger charge is 2.36. The summed E-state index contributed by atoms with van der Waals surface area (Å²) >= 11 is 0. The van der Waals surface area contributed by atoms with Crippen molar-refractivity contribution in [3.63, 3.8) is 0 Å². The predicted molar refractivity (Wildman–Crippen MR) is 128 cm³/mol. The van der Waals surface area contributed by atoms with Crippen molar-refractivity contribution in [1.29, 1.82) is 0 Å². The van der Waals surface area contributed by atoms with Crippen molar-refractivity contribution in [2.45, 2.75) is 31.2 Å². The summed E-state index contributed by atoms with van der Waals surface area (Å²) in [6.45, 7) is 1.50. The van der Waals surface area contributed by atoms with Crippen molar-refractivity contribution in [2.75, 3.05) is 41.4 Å². The molecule has 1 saturated carbocycles. The summed E-state index contributed by atoms with van der Waals surface area (Å²) in [6, 6.07) is 7.81. The van der Waals surface area contributed by atoms with E-state index in [2.05, 4.69) is 29.1 Å². The van der Waals surface area contributed by atoms with Gasteiger partial charge in [0.25, 0.3) is 11.9 Å². The summed E-state index contributed by atoms with van der Waals surface area (Å²) < 4.78 is 12.7. The van der Waals surface area contributed by atoms with Gasteiger partial charge in [-0.25, -0.2) is 14.6 Å². The average Bonchev–Trinajstić information content (AvgIpc) is 3.40. The molecule has 34 heavy (non-hydrogen) atoms. The fraction of sp³-hybridized carbons (Fsp3) is 0.440. The summed E-state index contributed by atoms with van der Waals surface area (Å²) in [4.78, 5) is 26.9. The van der Waals surface area contributed by atoms with Crippen molar-refractivity contribution in [3.05, 3.63) is 47.9 Å². The minimum Gasteiger partial charge on any atom is -0.497 e. The van der Waals surface area contributed by atoms with Crippen molar-refractivity contribution in [2.24, 2.45) is 0 Å². The van der Waals surface area contributed by atoms with Crippen LogP contribution in [0.5, 0.6) is 11.5 Å². The quantitative estimate of drug-likeness (QED) is 0.534. The smallest absolute Gasteiger partial charge is 0.257 e. The van der Waals surface area contributed by atoms with E-state index >= 15 is 0 Å². The Kier molecular flexibility index (Phi) is 5.95. The van der Waals surface area contributed by atoms with Gasteiger partial charge >= 0.3 is 0 Å². The Morgan fingerprint density at radius 2 is 1.94 bits per heavy atom. The van der Waals surface area contributed by atoms with Crippen molar-refractivity contribution < 1.29 is 14.3 Å². The van der Waals surface area contributed by atoms with Crippen LogP contribution in [0, 0.1) is 0 Å². The second kappa shape index (κ2) is 9.06. The van der Waals surface area contributed by atoms with Gasteiger partial charge in [-0.05, 0) is 57.6 Å². The van der Waals surface area contributed by atoms with E-state index in [0.29, 0.717) is 40.7 Å². The van der Waals surface area contributed by atoms with Crippen LogP contribution in [0.15, 0.2) is 36.7 Å². The first-order valence-corrected chi connectivity index (χ1v) is 11.6. The molecule has 2 aliphatic rings. The first-order chi connectivity index (χ1) is 16.5. The third-order valence-electron chi connectivity index (χ3n) is 6.70. The molecule has 1 atom stereocenters. The lowest BCUT2D eigenvalue weighted by Gasteiger charge is -2.20. The largest absolute Gasteiger partial charge is 0.497 e. The summed E-state index contributed by atoms with van der Waals surface area (Å²) in [5, 5.41) is 4.58. The topological polar surface area (TPSA) is 85.6 Å². The van der Waals surface area contributed by atoms with Gasteiger partial charge in [0.1, 0.15) is 11.5 Å². The lowest BCUT2D eigenvalue weighted by Crippen LogP contribution is -2.34. The number of aromatic nitrogens is 4. The SMILES string of the molecule is COc1ccc(OC)c(-c2ccnc(-n3ncc(C(=O)N4CCC(N(C)C)C4)c3C3CC3)n2)c1. The third kappa shape index (κ3) is 4.11. The number of carbonyl (C=O) groups excluding carboxylic acids is 1. The highest BCUT2D eigenvalue weighted by Crippen LogP contribution is 2.43. The number of amides is 1. The molecular formula is C25H30N6O3. The zero-order chi connectivity index (χ0) is 23.8. The molecule has 0 radical (unpaired) electrons. The van der Waals surface area contributed by atoms with Crippen LogP contribution >= 0.6 is 0 Å². The molecule has 1 unspecified atom stereocenters. The minimum absolute atomic E-state index is 0.0446. The molecule has 3 heterocycles. The molecule has 9 nitrogen and oxygen atoms in total. The molecule has 1 aliphatic heterocycles. The number of rotatable bonds is 7. The second-order valence-electron chi connectivity index (χ2n) is 9.09. The summed E-state index contributed by atoms with van der Waals surface area (Å²) in [7, 11) is 7.38. The molecule has 0 bridgehead atoms. The maximum absolute atomic E-state index is 13.4. The number of benzene rings is 1. The van der Waals surface area contributed by atoms with Gasteiger partial charge in [-0.15, -0.1) is 0 Å². The van der Waals surface area contributed by atoms with Gasteiger partial charge in [-0.2, -0.15) is 5.10 Å². The van der Waals surface area contributed by atoms with Crippen molar-refractivity contribution in [3.8, 4) is 28.7 Å². The van der Waals surface area contributed by atoms with Gasteiger partial charge < -0.3 is 19.3 Å². The number of hydrogen-bond acceptors (Lipinski definition) is 7. The molecule has 1 aliphatic carbocycles. The second-order valence-corrected chi connectivity index (χ2v) is 9.09. The molecule has 0 spiro atoms. The molecule has 0 N–H and O–H groups in total. The Morgan fingerprint density at radius 3 is 2.62 bits per heavy atom. The van der Waals surface area contributed by atoms with Crippen LogP contribution in [0.1, 0.15) is 41.2 Å². The van der Waals surface area contributed by atoms with Gasteiger partial charge in [-0.3, -0.25) is 4.79 Å². The van der Waals surface area contributed by atoms with Gasteiger partial charge in [0.15, 0.2) is 0 Å². The number of likely N-dealkylation sites (N-methyl/N-ethyl adjacent to an activating group) is 1. The number of likely N-dealkylation sites (tertiary alicyclic amines) is 1. The summed E-state index contributed by atoms with van der Waals surface area (Å²) in [5.74, 6) is 2.18. The standard InChI is InChI=1S/C25H30N6O3/c1-29(2)17-10-12-30(15-17)24(32)20-14-27-31(23(20)16-5-6-16)25-26-11-9-21(28-25)19-13-18(33-3)7-8-22(19)34-4/h7-9,11,13-14,16-17H,5-6,10,12,15H2,1-4H3. The summed E-state index contributed by atoms with van der Waals surface area (Å²) in [6.07, 6.45) is 6.45. The molecule has 9 heteroatoms. The Hall–Kier alpha value is -3.46. The van der Waals surface area contributed by atoms with Crippen LogP contribution in [0.25, 0.3) is 17.2 Å². The van der Waals surface area contributed by atoms with E-state index in [4.69, 9.17) is 14.5 Å². The number of carbonyl (C=O) groups is 1. The Labute approximate surface area is 199 Å². The fourth-order valence-corrected chi connectivity index (χ4v) is 4.56. The lowest BCUT2D eigenvalue weighted by molar-refractivity contribution is 0.0782. The Bertz CT molecular complexity index is 1200.